The highest BCUT2D eigenvalue weighted by molar-refractivity contribution is 5.73. The van der Waals surface area contributed by atoms with Gasteiger partial charge in [-0.2, -0.15) is 0 Å². The van der Waals surface area contributed by atoms with Crippen molar-refractivity contribution in [3.05, 3.63) is 18.2 Å². The van der Waals surface area contributed by atoms with Crippen LogP contribution in [0.5, 0.6) is 11.5 Å². The van der Waals surface area contributed by atoms with E-state index in [9.17, 15) is 4.79 Å². The fourth-order valence-corrected chi connectivity index (χ4v) is 4.52. The molecule has 168 valence electrons. The second kappa shape index (κ2) is 11.4. The van der Waals surface area contributed by atoms with Crippen LogP contribution in [0.3, 0.4) is 0 Å². The molecule has 3 fully saturated rings. The maximum atomic E-state index is 11.4. The van der Waals surface area contributed by atoms with Crippen molar-refractivity contribution in [3.8, 4) is 11.5 Å². The van der Waals surface area contributed by atoms with E-state index in [0.29, 0.717) is 6.10 Å². The summed E-state index contributed by atoms with van der Waals surface area (Å²) in [4.78, 5) is 18.1. The second-order valence-electron chi connectivity index (χ2n) is 8.49. The van der Waals surface area contributed by atoms with E-state index in [-0.39, 0.29) is 5.91 Å². The van der Waals surface area contributed by atoms with Crippen LogP contribution in [-0.2, 0) is 4.79 Å². The molecule has 0 aromatic heterocycles. The van der Waals surface area contributed by atoms with Gasteiger partial charge in [0.1, 0.15) is 0 Å². The third-order valence-electron chi connectivity index (χ3n) is 6.48. The lowest BCUT2D eigenvalue weighted by molar-refractivity contribution is -0.129. The molecule has 2 heterocycles. The number of carbonyl (C=O) groups excluding carboxylic acids is 1. The number of piperazine rings is 1. The van der Waals surface area contributed by atoms with Crippen molar-refractivity contribution >= 4 is 11.6 Å². The van der Waals surface area contributed by atoms with Crippen LogP contribution in [0, 0.1) is 0 Å². The minimum absolute atomic E-state index is 0.157. The van der Waals surface area contributed by atoms with Crippen molar-refractivity contribution in [1.82, 2.24) is 9.80 Å². The van der Waals surface area contributed by atoms with Crippen LogP contribution in [0.15, 0.2) is 18.2 Å². The molecule has 0 unspecified atom stereocenters. The molecule has 30 heavy (non-hydrogen) atoms. The lowest BCUT2D eigenvalue weighted by atomic mass is 10.2. The Labute approximate surface area is 182 Å². The molecule has 0 bridgehead atoms. The van der Waals surface area contributed by atoms with Gasteiger partial charge in [-0.15, -0.1) is 0 Å². The number of methoxy groups -OCH3 is 1. The first-order chi connectivity index (χ1) is 14.6. The van der Waals surface area contributed by atoms with E-state index in [1.54, 1.807) is 14.0 Å². The average molecular weight is 418 g/mol. The number of hydrogen-bond acceptors (Lipinski definition) is 5. The van der Waals surface area contributed by atoms with E-state index in [1.165, 1.54) is 45.3 Å². The molecule has 0 spiro atoms. The molecule has 0 N–H and O–H groups in total. The number of carbonyl (C=O) groups is 1. The van der Waals surface area contributed by atoms with Crippen molar-refractivity contribution in [2.45, 2.75) is 58.5 Å². The maximum Gasteiger partial charge on any atom is 0.219 e. The van der Waals surface area contributed by atoms with Crippen LogP contribution in [0.2, 0.25) is 0 Å². The molecule has 2 saturated heterocycles. The van der Waals surface area contributed by atoms with Crippen molar-refractivity contribution in [2.75, 3.05) is 57.8 Å². The Morgan fingerprint density at radius 3 is 2.17 bits per heavy atom. The Morgan fingerprint density at radius 1 is 0.967 bits per heavy atom. The molecule has 1 aliphatic carbocycles. The monoisotopic (exact) mass is 417 g/mol. The van der Waals surface area contributed by atoms with Crippen molar-refractivity contribution < 1.29 is 14.3 Å². The summed E-state index contributed by atoms with van der Waals surface area (Å²) < 4.78 is 11.6. The molecule has 2 aliphatic heterocycles. The Balaban J connectivity index is 0.000000310. The molecule has 1 amide bonds. The zero-order valence-corrected chi connectivity index (χ0v) is 19.1. The van der Waals surface area contributed by atoms with Crippen LogP contribution < -0.4 is 14.4 Å². The number of amides is 1. The number of rotatable bonds is 5. The van der Waals surface area contributed by atoms with Gasteiger partial charge in [-0.25, -0.2) is 0 Å². The smallest absolute Gasteiger partial charge is 0.219 e. The molecule has 1 aromatic rings. The van der Waals surface area contributed by atoms with Gasteiger partial charge in [-0.05, 0) is 70.3 Å². The van der Waals surface area contributed by atoms with Gasteiger partial charge >= 0.3 is 0 Å². The Bertz CT molecular complexity index is 662. The molecule has 0 atom stereocenters. The average Bonchev–Trinajstić information content (AvgIpc) is 3.48. The third-order valence-corrected chi connectivity index (χ3v) is 6.48. The largest absolute Gasteiger partial charge is 0.493 e. The summed E-state index contributed by atoms with van der Waals surface area (Å²) in [5, 5.41) is 0. The Hall–Kier alpha value is -1.95. The summed E-state index contributed by atoms with van der Waals surface area (Å²) in [5.74, 6) is 1.79. The quantitative estimate of drug-likeness (QED) is 0.729. The summed E-state index contributed by atoms with van der Waals surface area (Å²) in [6.45, 7) is 11.1. The molecule has 1 aromatic carbocycles. The molecule has 6 nitrogen and oxygen atoms in total. The zero-order valence-electron chi connectivity index (χ0n) is 19.1. The highest BCUT2D eigenvalue weighted by Gasteiger charge is 2.22. The molecule has 3 aliphatic rings. The SMILES string of the molecule is CCN1CCCC1.COc1ccc(N2CCN(C(C)=O)CC2)cc1OC1CCCC1. The first-order valence-corrected chi connectivity index (χ1v) is 11.7. The fourth-order valence-electron chi connectivity index (χ4n) is 4.52. The first-order valence-electron chi connectivity index (χ1n) is 11.7. The minimum atomic E-state index is 0.157. The molecular weight excluding hydrogens is 378 g/mol. The lowest BCUT2D eigenvalue weighted by Crippen LogP contribution is -2.48. The number of ether oxygens (including phenoxy) is 2. The lowest BCUT2D eigenvalue weighted by Gasteiger charge is -2.36. The fraction of sp³-hybridized carbons (Fsp3) is 0.708. The molecule has 4 rings (SSSR count). The van der Waals surface area contributed by atoms with Gasteiger partial charge in [0.25, 0.3) is 0 Å². The normalized spacial score (nSPS) is 20.1. The van der Waals surface area contributed by atoms with E-state index in [2.05, 4.69) is 28.9 Å². The highest BCUT2D eigenvalue weighted by Crippen LogP contribution is 2.35. The predicted molar refractivity (Wildman–Crippen MR) is 122 cm³/mol. The predicted octanol–water partition coefficient (Wildman–Crippen LogP) is 3.79. The van der Waals surface area contributed by atoms with Crippen LogP contribution in [-0.4, -0.2) is 74.7 Å². The first kappa shape index (κ1) is 22.7. The number of likely N-dealkylation sites (tertiary alicyclic amines) is 1. The van der Waals surface area contributed by atoms with Crippen molar-refractivity contribution in [1.29, 1.82) is 0 Å². The van der Waals surface area contributed by atoms with E-state index in [0.717, 1.165) is 56.2 Å². The van der Waals surface area contributed by atoms with Gasteiger partial charge in [0, 0.05) is 44.9 Å². The van der Waals surface area contributed by atoms with E-state index >= 15 is 0 Å². The Morgan fingerprint density at radius 2 is 1.63 bits per heavy atom. The van der Waals surface area contributed by atoms with Gasteiger partial charge in [0.2, 0.25) is 5.91 Å². The number of hydrogen-bond donors (Lipinski definition) is 0. The van der Waals surface area contributed by atoms with Crippen LogP contribution in [0.1, 0.15) is 52.4 Å². The standard InChI is InChI=1S/C18H26N2O3.C6H13N/c1-14(21)19-9-11-20(12-10-19)15-7-8-17(22-2)18(13-15)23-16-5-3-4-6-16;1-2-7-5-3-4-6-7/h7-8,13,16H,3-6,9-12H2,1-2H3;2-6H2,1H3. The summed E-state index contributed by atoms with van der Waals surface area (Å²) in [6.07, 6.45) is 7.92. The maximum absolute atomic E-state index is 11.4. The van der Waals surface area contributed by atoms with Crippen LogP contribution >= 0.6 is 0 Å². The van der Waals surface area contributed by atoms with Crippen molar-refractivity contribution in [2.24, 2.45) is 0 Å². The highest BCUT2D eigenvalue weighted by atomic mass is 16.5. The van der Waals surface area contributed by atoms with Gasteiger partial charge in [0.15, 0.2) is 11.5 Å². The second-order valence-corrected chi connectivity index (χ2v) is 8.49. The van der Waals surface area contributed by atoms with Crippen LogP contribution in [0.4, 0.5) is 5.69 Å². The summed E-state index contributed by atoms with van der Waals surface area (Å²) in [5.41, 5.74) is 1.14. The topological polar surface area (TPSA) is 45.2 Å². The number of benzene rings is 1. The van der Waals surface area contributed by atoms with Crippen molar-refractivity contribution in [3.63, 3.8) is 0 Å². The summed E-state index contributed by atoms with van der Waals surface area (Å²) >= 11 is 0. The minimum Gasteiger partial charge on any atom is -0.493 e. The van der Waals surface area contributed by atoms with Crippen LogP contribution in [0.25, 0.3) is 0 Å². The number of anilines is 1. The van der Waals surface area contributed by atoms with Gasteiger partial charge in [0.05, 0.1) is 13.2 Å². The Kier molecular flexibility index (Phi) is 8.67. The van der Waals surface area contributed by atoms with E-state index < -0.39 is 0 Å². The van der Waals surface area contributed by atoms with Gasteiger partial charge in [-0.1, -0.05) is 6.92 Å². The summed E-state index contributed by atoms with van der Waals surface area (Å²) in [7, 11) is 1.68. The van der Waals surface area contributed by atoms with E-state index in [1.807, 2.05) is 11.0 Å². The zero-order chi connectivity index (χ0) is 21.3. The third kappa shape index (κ3) is 6.27. The molecule has 1 saturated carbocycles. The molecule has 6 heteroatoms. The van der Waals surface area contributed by atoms with E-state index in [4.69, 9.17) is 9.47 Å². The van der Waals surface area contributed by atoms with Gasteiger partial charge < -0.3 is 24.2 Å². The molecule has 0 radical (unpaired) electrons. The molecular formula is C24H39N3O3. The number of nitrogens with zero attached hydrogens (tertiary/aromatic N) is 3. The summed E-state index contributed by atoms with van der Waals surface area (Å²) in [6, 6.07) is 6.14. The van der Waals surface area contributed by atoms with Gasteiger partial charge in [-0.3, -0.25) is 4.79 Å².